The van der Waals surface area contributed by atoms with Crippen LogP contribution < -0.4 is 4.90 Å². The van der Waals surface area contributed by atoms with E-state index in [1.54, 1.807) is 12.3 Å². The first-order valence-corrected chi connectivity index (χ1v) is 10.3. The van der Waals surface area contributed by atoms with Crippen molar-refractivity contribution in [1.29, 1.82) is 0 Å². The van der Waals surface area contributed by atoms with Crippen molar-refractivity contribution in [2.45, 2.75) is 26.8 Å². The molecule has 4 heterocycles. The molecular formula is C24H23N5O2. The summed E-state index contributed by atoms with van der Waals surface area (Å²) in [5, 5.41) is 1.05. The maximum Gasteiger partial charge on any atom is 0.337 e. The van der Waals surface area contributed by atoms with Crippen LogP contribution in [-0.4, -0.2) is 39.6 Å². The third kappa shape index (κ3) is 3.32. The number of hydrogen-bond donors (Lipinski definition) is 1. The molecule has 0 saturated carbocycles. The van der Waals surface area contributed by atoms with Crippen LogP contribution in [0, 0.1) is 13.8 Å². The number of nitrogens with one attached hydrogen (secondary N) is 1. The molecule has 5 rings (SSSR count). The van der Waals surface area contributed by atoms with Gasteiger partial charge in [-0.15, -0.1) is 0 Å². The van der Waals surface area contributed by atoms with E-state index < -0.39 is 0 Å². The van der Waals surface area contributed by atoms with E-state index in [-0.39, 0.29) is 5.97 Å². The minimum atomic E-state index is -0.327. The molecule has 1 aliphatic heterocycles. The maximum absolute atomic E-state index is 12.0. The number of rotatable bonds is 3. The first kappa shape index (κ1) is 19.2. The van der Waals surface area contributed by atoms with E-state index >= 15 is 0 Å². The van der Waals surface area contributed by atoms with Gasteiger partial charge >= 0.3 is 5.97 Å². The smallest absolute Gasteiger partial charge is 0.337 e. The van der Waals surface area contributed by atoms with Crippen LogP contribution in [0.25, 0.3) is 22.4 Å². The van der Waals surface area contributed by atoms with Crippen LogP contribution in [0.2, 0.25) is 0 Å². The number of esters is 1. The number of H-pyrrole nitrogens is 1. The lowest BCUT2D eigenvalue weighted by atomic mass is 10.0. The summed E-state index contributed by atoms with van der Waals surface area (Å²) in [6.07, 6.45) is 2.63. The average Bonchev–Trinajstić information content (AvgIpc) is 3.18. The second kappa shape index (κ2) is 7.50. The van der Waals surface area contributed by atoms with Crippen LogP contribution in [0.5, 0.6) is 0 Å². The highest BCUT2D eigenvalue weighted by Crippen LogP contribution is 2.32. The fraction of sp³-hybridized carbons (Fsp3) is 0.250. The Morgan fingerprint density at radius 3 is 2.81 bits per heavy atom. The number of aromatic amines is 1. The Kier molecular flexibility index (Phi) is 4.66. The third-order valence-corrected chi connectivity index (χ3v) is 5.95. The molecule has 0 atom stereocenters. The number of anilines is 1. The zero-order valence-electron chi connectivity index (χ0n) is 17.8. The molecule has 1 N–H and O–H groups in total. The van der Waals surface area contributed by atoms with Crippen molar-refractivity contribution in [2.24, 2.45) is 0 Å². The first-order chi connectivity index (χ1) is 15.0. The van der Waals surface area contributed by atoms with E-state index in [0.29, 0.717) is 17.9 Å². The van der Waals surface area contributed by atoms with Crippen LogP contribution in [0.4, 0.5) is 5.82 Å². The van der Waals surface area contributed by atoms with Crippen molar-refractivity contribution < 1.29 is 9.53 Å². The van der Waals surface area contributed by atoms with Gasteiger partial charge in [0.1, 0.15) is 11.5 Å². The molecule has 31 heavy (non-hydrogen) atoms. The quantitative estimate of drug-likeness (QED) is 0.512. The van der Waals surface area contributed by atoms with E-state index in [1.165, 1.54) is 18.4 Å². The van der Waals surface area contributed by atoms with E-state index in [9.17, 15) is 4.79 Å². The standard InChI is InChI=1S/C24H23N5O2/c1-14-15(2)26-22(21-6-4-5-10-25-21)28-23(14)29-11-9-20-18(13-29)17-12-16(24(30)31-3)7-8-19(17)27-20/h4-8,10,12,27H,9,11,13H2,1-3H3. The van der Waals surface area contributed by atoms with Crippen molar-refractivity contribution in [3.8, 4) is 11.5 Å². The molecule has 7 nitrogen and oxygen atoms in total. The average molecular weight is 413 g/mol. The van der Waals surface area contributed by atoms with Crippen molar-refractivity contribution in [3.05, 3.63) is 70.7 Å². The lowest BCUT2D eigenvalue weighted by molar-refractivity contribution is 0.0601. The number of methoxy groups -OCH3 is 1. The van der Waals surface area contributed by atoms with Gasteiger partial charge in [0.25, 0.3) is 0 Å². The lowest BCUT2D eigenvalue weighted by Gasteiger charge is -2.30. The number of aryl methyl sites for hydroxylation is 1. The Balaban J connectivity index is 1.56. The van der Waals surface area contributed by atoms with Crippen molar-refractivity contribution in [1.82, 2.24) is 19.9 Å². The maximum atomic E-state index is 12.0. The van der Waals surface area contributed by atoms with E-state index in [0.717, 1.165) is 46.6 Å². The molecule has 0 saturated heterocycles. The minimum Gasteiger partial charge on any atom is -0.465 e. The topological polar surface area (TPSA) is 84.0 Å². The summed E-state index contributed by atoms with van der Waals surface area (Å²) >= 11 is 0. The molecule has 0 amide bonds. The summed E-state index contributed by atoms with van der Waals surface area (Å²) in [4.78, 5) is 31.8. The Morgan fingerprint density at radius 2 is 2.03 bits per heavy atom. The third-order valence-electron chi connectivity index (χ3n) is 5.95. The van der Waals surface area contributed by atoms with Crippen LogP contribution in [0.1, 0.15) is 32.9 Å². The second-order valence-electron chi connectivity index (χ2n) is 7.80. The van der Waals surface area contributed by atoms with Gasteiger partial charge in [0.2, 0.25) is 0 Å². The monoisotopic (exact) mass is 413 g/mol. The number of carbonyl (C=O) groups excluding carboxylic acids is 1. The molecule has 0 bridgehead atoms. The molecule has 7 heteroatoms. The van der Waals surface area contributed by atoms with Gasteiger partial charge in [0.15, 0.2) is 5.82 Å². The number of benzene rings is 1. The number of aromatic nitrogens is 4. The number of carbonyl (C=O) groups is 1. The fourth-order valence-electron chi connectivity index (χ4n) is 4.17. The summed E-state index contributed by atoms with van der Waals surface area (Å²) in [7, 11) is 1.40. The lowest BCUT2D eigenvalue weighted by Crippen LogP contribution is -2.31. The van der Waals surface area contributed by atoms with E-state index in [2.05, 4.69) is 26.8 Å². The largest absolute Gasteiger partial charge is 0.465 e. The SMILES string of the molecule is COC(=O)c1ccc2[nH]c3c(c2c1)CN(c1nc(-c2ccccn2)nc(C)c1C)CC3. The Hall–Kier alpha value is -3.74. The molecule has 156 valence electrons. The molecule has 0 unspecified atom stereocenters. The molecule has 1 aliphatic rings. The van der Waals surface area contributed by atoms with Gasteiger partial charge in [0, 0.05) is 59.1 Å². The molecule has 3 aromatic heterocycles. The van der Waals surface area contributed by atoms with Crippen LogP contribution >= 0.6 is 0 Å². The van der Waals surface area contributed by atoms with Crippen LogP contribution in [0.3, 0.4) is 0 Å². The summed E-state index contributed by atoms with van der Waals surface area (Å²) in [6.45, 7) is 5.63. The minimum absolute atomic E-state index is 0.327. The molecule has 1 aromatic carbocycles. The molecule has 0 radical (unpaired) electrons. The zero-order valence-corrected chi connectivity index (χ0v) is 17.8. The Morgan fingerprint density at radius 1 is 1.16 bits per heavy atom. The van der Waals surface area contributed by atoms with Crippen molar-refractivity contribution in [2.75, 3.05) is 18.6 Å². The Bertz CT molecular complexity index is 1300. The fourth-order valence-corrected chi connectivity index (χ4v) is 4.17. The molecule has 0 aliphatic carbocycles. The highest BCUT2D eigenvalue weighted by molar-refractivity contribution is 5.96. The zero-order chi connectivity index (χ0) is 21.5. The summed E-state index contributed by atoms with van der Waals surface area (Å²) in [5.41, 5.74) is 6.77. The van der Waals surface area contributed by atoms with Gasteiger partial charge in [-0.1, -0.05) is 6.07 Å². The predicted molar refractivity (Wildman–Crippen MR) is 119 cm³/mol. The van der Waals surface area contributed by atoms with Crippen molar-refractivity contribution >= 4 is 22.7 Å². The molecule has 0 fully saturated rings. The summed E-state index contributed by atoms with van der Waals surface area (Å²) in [5.74, 6) is 1.24. The summed E-state index contributed by atoms with van der Waals surface area (Å²) < 4.78 is 4.90. The number of hydrogen-bond acceptors (Lipinski definition) is 6. The Labute approximate surface area is 180 Å². The van der Waals surface area contributed by atoms with Gasteiger partial charge in [-0.3, -0.25) is 4.98 Å². The summed E-state index contributed by atoms with van der Waals surface area (Å²) in [6, 6.07) is 11.4. The first-order valence-electron chi connectivity index (χ1n) is 10.3. The van der Waals surface area contributed by atoms with Gasteiger partial charge < -0.3 is 14.6 Å². The molecule has 4 aromatic rings. The predicted octanol–water partition coefficient (Wildman–Crippen LogP) is 3.99. The van der Waals surface area contributed by atoms with Gasteiger partial charge in [-0.2, -0.15) is 0 Å². The van der Waals surface area contributed by atoms with Crippen LogP contribution in [0.15, 0.2) is 42.6 Å². The second-order valence-corrected chi connectivity index (χ2v) is 7.80. The highest BCUT2D eigenvalue weighted by atomic mass is 16.5. The van der Waals surface area contributed by atoms with Gasteiger partial charge in [-0.05, 0) is 44.2 Å². The number of ether oxygens (including phenoxy) is 1. The molecule has 0 spiro atoms. The van der Waals surface area contributed by atoms with E-state index in [1.807, 2.05) is 37.3 Å². The van der Waals surface area contributed by atoms with Gasteiger partial charge in [-0.25, -0.2) is 14.8 Å². The number of fused-ring (bicyclic) bond motifs is 3. The molecular weight excluding hydrogens is 390 g/mol. The van der Waals surface area contributed by atoms with Crippen LogP contribution in [-0.2, 0) is 17.7 Å². The number of nitrogens with zero attached hydrogens (tertiary/aromatic N) is 4. The van der Waals surface area contributed by atoms with Gasteiger partial charge in [0.05, 0.1) is 12.7 Å². The normalized spacial score (nSPS) is 13.3. The van der Waals surface area contributed by atoms with Crippen molar-refractivity contribution in [3.63, 3.8) is 0 Å². The van der Waals surface area contributed by atoms with E-state index in [4.69, 9.17) is 9.72 Å². The number of pyridine rings is 1. The highest BCUT2D eigenvalue weighted by Gasteiger charge is 2.25.